The van der Waals surface area contributed by atoms with E-state index in [-0.39, 0.29) is 11.9 Å². The zero-order chi connectivity index (χ0) is 22.3. The van der Waals surface area contributed by atoms with Crippen LogP contribution in [0.15, 0.2) is 36.7 Å². The van der Waals surface area contributed by atoms with E-state index >= 15 is 0 Å². The number of ether oxygens (including phenoxy) is 2. The number of hydrogen-bond acceptors (Lipinski definition) is 5. The molecular weight excluding hydrogens is 388 g/mol. The van der Waals surface area contributed by atoms with E-state index < -0.39 is 0 Å². The third-order valence-electron chi connectivity index (χ3n) is 5.22. The van der Waals surface area contributed by atoms with Crippen LogP contribution in [0.3, 0.4) is 0 Å². The molecule has 0 aliphatic carbocycles. The summed E-state index contributed by atoms with van der Waals surface area (Å²) < 4.78 is 10.9. The molecule has 1 aromatic heterocycles. The molecule has 31 heavy (non-hydrogen) atoms. The maximum absolute atomic E-state index is 12.1. The summed E-state index contributed by atoms with van der Waals surface area (Å²) in [6, 6.07) is 7.32. The topological polar surface area (TPSA) is 61.3 Å². The quantitative estimate of drug-likeness (QED) is 0.187. The molecule has 0 fully saturated rings. The first-order chi connectivity index (χ1) is 15.1. The summed E-state index contributed by atoms with van der Waals surface area (Å²) in [4.78, 5) is 21.2. The van der Waals surface area contributed by atoms with E-state index in [0.717, 1.165) is 18.4 Å². The Hall–Kier alpha value is -2.27. The van der Waals surface area contributed by atoms with Crippen LogP contribution in [-0.4, -0.2) is 29.2 Å². The molecular formula is C26H38N2O3. The SMILES string of the molecule is CCCCCCCCCc1cnc(-c2ccc(OC(=O)C(C)COCCC)cc2)nc1. The van der Waals surface area contributed by atoms with Crippen molar-refractivity contribution in [1.82, 2.24) is 9.97 Å². The molecule has 1 aromatic carbocycles. The zero-order valence-corrected chi connectivity index (χ0v) is 19.4. The Bertz CT molecular complexity index is 744. The number of carbonyl (C=O) groups excluding carboxylic acids is 1. The summed E-state index contributed by atoms with van der Waals surface area (Å²) in [5.41, 5.74) is 2.09. The smallest absolute Gasteiger partial charge is 0.316 e. The van der Waals surface area contributed by atoms with Gasteiger partial charge in [-0.1, -0.05) is 52.4 Å². The fourth-order valence-corrected chi connectivity index (χ4v) is 3.28. The summed E-state index contributed by atoms with van der Waals surface area (Å²) in [5.74, 6) is 0.627. The van der Waals surface area contributed by atoms with Gasteiger partial charge in [-0.15, -0.1) is 0 Å². The van der Waals surface area contributed by atoms with Gasteiger partial charge in [0.25, 0.3) is 0 Å². The van der Waals surface area contributed by atoms with Crippen molar-refractivity contribution in [3.63, 3.8) is 0 Å². The summed E-state index contributed by atoms with van der Waals surface area (Å²) >= 11 is 0. The van der Waals surface area contributed by atoms with Crippen molar-refractivity contribution in [3.05, 3.63) is 42.2 Å². The van der Waals surface area contributed by atoms with Crippen LogP contribution in [0.25, 0.3) is 11.4 Å². The molecule has 1 unspecified atom stereocenters. The van der Waals surface area contributed by atoms with Gasteiger partial charge in [0, 0.05) is 24.6 Å². The van der Waals surface area contributed by atoms with Crippen molar-refractivity contribution in [1.29, 1.82) is 0 Å². The highest BCUT2D eigenvalue weighted by Gasteiger charge is 2.15. The highest BCUT2D eigenvalue weighted by Crippen LogP contribution is 2.20. The second-order valence-electron chi connectivity index (χ2n) is 8.21. The van der Waals surface area contributed by atoms with Gasteiger partial charge in [0.1, 0.15) is 5.75 Å². The average molecular weight is 427 g/mol. The monoisotopic (exact) mass is 426 g/mol. The van der Waals surface area contributed by atoms with Gasteiger partial charge in [-0.2, -0.15) is 0 Å². The largest absolute Gasteiger partial charge is 0.426 e. The molecule has 0 amide bonds. The highest BCUT2D eigenvalue weighted by molar-refractivity contribution is 5.75. The molecule has 170 valence electrons. The van der Waals surface area contributed by atoms with Crippen LogP contribution in [0.1, 0.15) is 77.7 Å². The first-order valence-corrected chi connectivity index (χ1v) is 11.8. The van der Waals surface area contributed by atoms with E-state index in [1.807, 2.05) is 38.4 Å². The standard InChI is InChI=1S/C26H38N2O3/c1-4-6-7-8-9-10-11-12-22-18-27-25(28-19-22)23-13-15-24(16-14-23)31-26(29)21(3)20-30-17-5-2/h13-16,18-19,21H,4-12,17,20H2,1-3H3. The molecule has 2 rings (SSSR count). The normalized spacial score (nSPS) is 12.0. The molecule has 5 heteroatoms. The Labute approximate surface area is 187 Å². The number of nitrogens with zero attached hydrogens (tertiary/aromatic N) is 2. The number of carbonyl (C=O) groups is 1. The fraction of sp³-hybridized carbons (Fsp3) is 0.577. The third kappa shape index (κ3) is 9.60. The Morgan fingerprint density at radius 3 is 2.19 bits per heavy atom. The number of aromatic nitrogens is 2. The molecule has 0 bridgehead atoms. The zero-order valence-electron chi connectivity index (χ0n) is 19.4. The number of rotatable bonds is 15. The minimum absolute atomic E-state index is 0.283. The molecule has 1 heterocycles. The van der Waals surface area contributed by atoms with Crippen LogP contribution < -0.4 is 4.74 Å². The molecule has 5 nitrogen and oxygen atoms in total. The Morgan fingerprint density at radius 1 is 0.903 bits per heavy atom. The predicted octanol–water partition coefficient (Wildman–Crippen LogP) is 6.40. The fourth-order valence-electron chi connectivity index (χ4n) is 3.28. The van der Waals surface area contributed by atoms with Crippen molar-refractivity contribution < 1.29 is 14.3 Å². The maximum atomic E-state index is 12.1. The van der Waals surface area contributed by atoms with Crippen LogP contribution in [0, 0.1) is 5.92 Å². The van der Waals surface area contributed by atoms with Crippen LogP contribution in [0.5, 0.6) is 5.75 Å². The molecule has 0 aliphatic heterocycles. The summed E-state index contributed by atoms with van der Waals surface area (Å²) in [7, 11) is 0. The first kappa shape index (κ1) is 25.0. The number of unbranched alkanes of at least 4 members (excludes halogenated alkanes) is 6. The van der Waals surface area contributed by atoms with Gasteiger partial charge in [0.2, 0.25) is 0 Å². The van der Waals surface area contributed by atoms with Gasteiger partial charge in [0.05, 0.1) is 12.5 Å². The van der Waals surface area contributed by atoms with Crippen molar-refractivity contribution in [2.24, 2.45) is 5.92 Å². The van der Waals surface area contributed by atoms with Gasteiger partial charge >= 0.3 is 5.97 Å². The number of benzene rings is 1. The van der Waals surface area contributed by atoms with Gasteiger partial charge in [-0.25, -0.2) is 9.97 Å². The minimum atomic E-state index is -0.293. The predicted molar refractivity (Wildman–Crippen MR) is 125 cm³/mol. The van der Waals surface area contributed by atoms with Crippen molar-refractivity contribution in [2.75, 3.05) is 13.2 Å². The average Bonchev–Trinajstić information content (AvgIpc) is 2.79. The summed E-state index contributed by atoms with van der Waals surface area (Å²) in [6.45, 7) is 7.14. The van der Waals surface area contributed by atoms with E-state index in [4.69, 9.17) is 9.47 Å². The molecule has 1 atom stereocenters. The van der Waals surface area contributed by atoms with Crippen LogP contribution in [0.2, 0.25) is 0 Å². The van der Waals surface area contributed by atoms with E-state index in [0.29, 0.717) is 24.8 Å². The lowest BCUT2D eigenvalue weighted by Crippen LogP contribution is -2.22. The number of hydrogen-bond donors (Lipinski definition) is 0. The molecule has 0 aliphatic rings. The van der Waals surface area contributed by atoms with Crippen molar-refractivity contribution >= 4 is 5.97 Å². The first-order valence-electron chi connectivity index (χ1n) is 11.8. The molecule has 0 N–H and O–H groups in total. The molecule has 0 saturated carbocycles. The molecule has 2 aromatic rings. The minimum Gasteiger partial charge on any atom is -0.426 e. The van der Waals surface area contributed by atoms with Gasteiger partial charge in [-0.3, -0.25) is 4.79 Å². The van der Waals surface area contributed by atoms with E-state index in [1.54, 1.807) is 12.1 Å². The maximum Gasteiger partial charge on any atom is 0.316 e. The Morgan fingerprint density at radius 2 is 1.55 bits per heavy atom. The van der Waals surface area contributed by atoms with Gasteiger partial charge in [-0.05, 0) is 56.0 Å². The summed E-state index contributed by atoms with van der Waals surface area (Å²) in [5, 5.41) is 0. The molecule has 0 radical (unpaired) electrons. The lowest BCUT2D eigenvalue weighted by Gasteiger charge is -2.11. The van der Waals surface area contributed by atoms with Gasteiger partial charge in [0.15, 0.2) is 5.82 Å². The van der Waals surface area contributed by atoms with E-state index in [9.17, 15) is 4.79 Å². The number of aryl methyl sites for hydroxylation is 1. The van der Waals surface area contributed by atoms with Crippen molar-refractivity contribution in [3.8, 4) is 17.1 Å². The Balaban J connectivity index is 1.77. The van der Waals surface area contributed by atoms with Crippen LogP contribution >= 0.6 is 0 Å². The van der Waals surface area contributed by atoms with E-state index in [1.165, 1.54) is 50.5 Å². The third-order valence-corrected chi connectivity index (χ3v) is 5.22. The molecule has 0 saturated heterocycles. The highest BCUT2D eigenvalue weighted by atomic mass is 16.5. The Kier molecular flexibility index (Phi) is 11.8. The van der Waals surface area contributed by atoms with Gasteiger partial charge < -0.3 is 9.47 Å². The summed E-state index contributed by atoms with van der Waals surface area (Å²) in [6.07, 6.45) is 15.0. The van der Waals surface area contributed by atoms with Crippen LogP contribution in [-0.2, 0) is 16.0 Å². The number of esters is 1. The van der Waals surface area contributed by atoms with E-state index in [2.05, 4.69) is 16.9 Å². The second kappa shape index (κ2) is 14.7. The van der Waals surface area contributed by atoms with Crippen LogP contribution in [0.4, 0.5) is 0 Å². The van der Waals surface area contributed by atoms with Crippen molar-refractivity contribution in [2.45, 2.75) is 78.6 Å². The lowest BCUT2D eigenvalue weighted by molar-refractivity contribution is -0.140. The molecule has 0 spiro atoms. The second-order valence-corrected chi connectivity index (χ2v) is 8.21. The lowest BCUT2D eigenvalue weighted by atomic mass is 10.1.